The third-order valence-corrected chi connectivity index (χ3v) is 4.38. The lowest BCUT2D eigenvalue weighted by atomic mass is 9.81. The Kier molecular flexibility index (Phi) is 5.54. The molecule has 0 saturated carbocycles. The van der Waals surface area contributed by atoms with Crippen molar-refractivity contribution in [2.24, 2.45) is 11.3 Å². The lowest BCUT2D eigenvalue weighted by Crippen LogP contribution is -2.33. The van der Waals surface area contributed by atoms with Crippen LogP contribution in [0.5, 0.6) is 0 Å². The summed E-state index contributed by atoms with van der Waals surface area (Å²) in [5.41, 5.74) is 1.72. The summed E-state index contributed by atoms with van der Waals surface area (Å²) >= 11 is 1.79. The van der Waals surface area contributed by atoms with Gasteiger partial charge in [0, 0.05) is 18.0 Å². The van der Waals surface area contributed by atoms with Gasteiger partial charge >= 0.3 is 0 Å². The third kappa shape index (κ3) is 4.72. The molecule has 0 aliphatic rings. The summed E-state index contributed by atoms with van der Waals surface area (Å²) in [5.74, 6) is 0.703. The first-order valence-corrected chi connectivity index (χ1v) is 7.52. The molecule has 1 aromatic rings. The van der Waals surface area contributed by atoms with Gasteiger partial charge in [0.25, 0.3) is 0 Å². The van der Waals surface area contributed by atoms with E-state index in [0.29, 0.717) is 11.3 Å². The zero-order valence-electron chi connectivity index (χ0n) is 11.7. The molecular weight excluding hydrogens is 226 g/mol. The highest BCUT2D eigenvalue weighted by molar-refractivity contribution is 7.98. The van der Waals surface area contributed by atoms with E-state index >= 15 is 0 Å². The fourth-order valence-electron chi connectivity index (χ4n) is 1.48. The predicted octanol–water partition coefficient (Wildman–Crippen LogP) is 4.18. The highest BCUT2D eigenvalue weighted by atomic mass is 32.2. The maximum absolute atomic E-state index is 3.55. The normalized spacial score (nSPS) is 12.1. The fourth-order valence-corrected chi connectivity index (χ4v) is 1.88. The summed E-state index contributed by atoms with van der Waals surface area (Å²) in [5, 5.41) is 3.55. The van der Waals surface area contributed by atoms with Crippen LogP contribution in [0, 0.1) is 11.3 Å². The molecule has 1 nitrogen and oxygen atoms in total. The van der Waals surface area contributed by atoms with Gasteiger partial charge in [-0.2, -0.15) is 0 Å². The minimum atomic E-state index is 0.360. The number of benzene rings is 1. The molecule has 0 heterocycles. The predicted molar refractivity (Wildman–Crippen MR) is 78.5 cm³/mol. The summed E-state index contributed by atoms with van der Waals surface area (Å²) in [6.45, 7) is 11.2. The number of hydrogen-bond acceptors (Lipinski definition) is 2. The Morgan fingerprint density at radius 2 is 1.76 bits per heavy atom. The van der Waals surface area contributed by atoms with Crippen molar-refractivity contribution in [3.63, 3.8) is 0 Å². The summed E-state index contributed by atoms with van der Waals surface area (Å²) in [7, 11) is 0. The van der Waals surface area contributed by atoms with Crippen LogP contribution in [-0.2, 0) is 6.54 Å². The highest BCUT2D eigenvalue weighted by Gasteiger charge is 2.21. The second-order valence-electron chi connectivity index (χ2n) is 5.59. The van der Waals surface area contributed by atoms with E-state index in [1.165, 1.54) is 10.5 Å². The van der Waals surface area contributed by atoms with E-state index in [2.05, 4.69) is 63.5 Å². The van der Waals surface area contributed by atoms with E-state index < -0.39 is 0 Å². The van der Waals surface area contributed by atoms with Crippen molar-refractivity contribution in [1.29, 1.82) is 0 Å². The minimum absolute atomic E-state index is 0.360. The van der Waals surface area contributed by atoms with E-state index in [4.69, 9.17) is 0 Å². The van der Waals surface area contributed by atoms with Gasteiger partial charge in [-0.25, -0.2) is 0 Å². The molecule has 96 valence electrons. The van der Waals surface area contributed by atoms with Crippen molar-refractivity contribution >= 4 is 11.8 Å². The minimum Gasteiger partial charge on any atom is -0.312 e. The van der Waals surface area contributed by atoms with Crippen LogP contribution >= 0.6 is 11.8 Å². The van der Waals surface area contributed by atoms with Crippen LogP contribution in [0.25, 0.3) is 0 Å². The number of rotatable bonds is 6. The van der Waals surface area contributed by atoms with Crippen molar-refractivity contribution in [3.05, 3.63) is 29.8 Å². The lowest BCUT2D eigenvalue weighted by molar-refractivity contribution is 0.238. The van der Waals surface area contributed by atoms with Crippen LogP contribution in [0.3, 0.4) is 0 Å². The van der Waals surface area contributed by atoms with Crippen LogP contribution < -0.4 is 5.32 Å². The fraction of sp³-hybridized carbons (Fsp3) is 0.600. The molecule has 1 aromatic carbocycles. The molecule has 0 aliphatic heterocycles. The van der Waals surface area contributed by atoms with Crippen molar-refractivity contribution in [2.75, 3.05) is 12.8 Å². The van der Waals surface area contributed by atoms with Crippen molar-refractivity contribution < 1.29 is 0 Å². The summed E-state index contributed by atoms with van der Waals surface area (Å²) in [4.78, 5) is 1.33. The third-order valence-electron chi connectivity index (χ3n) is 3.63. The Labute approximate surface area is 110 Å². The quantitative estimate of drug-likeness (QED) is 0.761. The van der Waals surface area contributed by atoms with Crippen LogP contribution in [0.1, 0.15) is 33.3 Å². The molecule has 0 atom stereocenters. The Morgan fingerprint density at radius 3 is 2.24 bits per heavy atom. The first kappa shape index (κ1) is 14.6. The lowest BCUT2D eigenvalue weighted by Gasteiger charge is -2.29. The second kappa shape index (κ2) is 6.46. The van der Waals surface area contributed by atoms with Gasteiger partial charge in [0.2, 0.25) is 0 Å². The monoisotopic (exact) mass is 251 g/mol. The van der Waals surface area contributed by atoms with Gasteiger partial charge in [0.15, 0.2) is 0 Å². The molecule has 0 unspecified atom stereocenters. The number of hydrogen-bond donors (Lipinski definition) is 1. The highest BCUT2D eigenvalue weighted by Crippen LogP contribution is 2.24. The number of nitrogens with one attached hydrogen (secondary N) is 1. The van der Waals surface area contributed by atoms with E-state index in [9.17, 15) is 0 Å². The largest absolute Gasteiger partial charge is 0.312 e. The average Bonchev–Trinajstić information content (AvgIpc) is 2.29. The molecular formula is C15H25NS. The van der Waals surface area contributed by atoms with Crippen LogP contribution in [0.15, 0.2) is 29.2 Å². The summed E-state index contributed by atoms with van der Waals surface area (Å²) < 4.78 is 0. The Balaban J connectivity index is 2.40. The molecule has 0 spiro atoms. The maximum Gasteiger partial charge on any atom is 0.0205 e. The van der Waals surface area contributed by atoms with Crippen molar-refractivity contribution in [2.45, 2.75) is 39.1 Å². The molecule has 1 N–H and O–H groups in total. The molecule has 0 aromatic heterocycles. The average molecular weight is 251 g/mol. The zero-order valence-corrected chi connectivity index (χ0v) is 12.5. The molecule has 1 rings (SSSR count). The van der Waals surface area contributed by atoms with Crippen LogP contribution in [0.4, 0.5) is 0 Å². The van der Waals surface area contributed by atoms with Gasteiger partial charge in [-0.05, 0) is 35.3 Å². The van der Waals surface area contributed by atoms with Crippen LogP contribution in [-0.4, -0.2) is 12.8 Å². The zero-order chi connectivity index (χ0) is 12.9. The molecule has 0 amide bonds. The van der Waals surface area contributed by atoms with Crippen LogP contribution in [0.2, 0.25) is 0 Å². The molecule has 0 aliphatic carbocycles. The standard InChI is InChI=1S/C15H25NS/c1-12(2)15(3,4)11-16-10-13-6-8-14(17-5)9-7-13/h6-9,12,16H,10-11H2,1-5H3. The Bertz CT molecular complexity index is 327. The smallest absolute Gasteiger partial charge is 0.0205 e. The van der Waals surface area contributed by atoms with E-state index in [1.807, 2.05) is 0 Å². The first-order valence-electron chi connectivity index (χ1n) is 6.29. The Hall–Kier alpha value is -0.470. The molecule has 0 fully saturated rings. The van der Waals surface area contributed by atoms with Gasteiger partial charge in [-0.3, -0.25) is 0 Å². The van der Waals surface area contributed by atoms with Crippen molar-refractivity contribution in [3.8, 4) is 0 Å². The van der Waals surface area contributed by atoms with Gasteiger partial charge in [0.1, 0.15) is 0 Å². The van der Waals surface area contributed by atoms with Gasteiger partial charge in [0.05, 0.1) is 0 Å². The van der Waals surface area contributed by atoms with Gasteiger partial charge in [-0.15, -0.1) is 11.8 Å². The number of thioether (sulfide) groups is 1. The molecule has 17 heavy (non-hydrogen) atoms. The molecule has 0 saturated heterocycles. The van der Waals surface area contributed by atoms with Crippen molar-refractivity contribution in [1.82, 2.24) is 5.32 Å². The van der Waals surface area contributed by atoms with E-state index in [0.717, 1.165) is 13.1 Å². The van der Waals surface area contributed by atoms with E-state index in [1.54, 1.807) is 11.8 Å². The Morgan fingerprint density at radius 1 is 1.18 bits per heavy atom. The van der Waals surface area contributed by atoms with E-state index in [-0.39, 0.29) is 0 Å². The summed E-state index contributed by atoms with van der Waals surface area (Å²) in [6.07, 6.45) is 2.11. The van der Waals surface area contributed by atoms with Gasteiger partial charge in [-0.1, -0.05) is 39.8 Å². The molecule has 0 bridgehead atoms. The topological polar surface area (TPSA) is 12.0 Å². The molecule has 2 heteroatoms. The SMILES string of the molecule is CSc1ccc(CNCC(C)(C)C(C)C)cc1. The first-order chi connectivity index (χ1) is 7.95. The maximum atomic E-state index is 3.55. The van der Waals surface area contributed by atoms with Gasteiger partial charge < -0.3 is 5.32 Å². The summed E-state index contributed by atoms with van der Waals surface area (Å²) in [6, 6.07) is 8.80. The molecule has 0 radical (unpaired) electrons. The second-order valence-corrected chi connectivity index (χ2v) is 6.47.